The third-order valence-electron chi connectivity index (χ3n) is 2.41. The third-order valence-corrected chi connectivity index (χ3v) is 2.41. The molecule has 0 aromatic heterocycles. The first kappa shape index (κ1) is 14.9. The maximum absolute atomic E-state index is 13.4. The molecule has 19 heavy (non-hydrogen) atoms. The molecule has 0 aliphatic carbocycles. The topological polar surface area (TPSA) is 49.3 Å². The lowest BCUT2D eigenvalue weighted by Gasteiger charge is -2.07. The number of carbonyl (C=O) groups is 1. The van der Waals surface area contributed by atoms with Gasteiger partial charge < -0.3 is 10.4 Å². The number of hydrogen-bond acceptors (Lipinski definition) is 2. The van der Waals surface area contributed by atoms with E-state index in [9.17, 15) is 18.0 Å². The lowest BCUT2D eigenvalue weighted by Crippen LogP contribution is -2.25. The summed E-state index contributed by atoms with van der Waals surface area (Å²) in [5.74, 6) is -4.70. The second-order valence-electron chi connectivity index (χ2n) is 3.80. The number of amides is 1. The van der Waals surface area contributed by atoms with Crippen molar-refractivity contribution in [2.24, 2.45) is 0 Å². The van der Waals surface area contributed by atoms with Gasteiger partial charge in [-0.3, -0.25) is 4.79 Å². The second-order valence-corrected chi connectivity index (χ2v) is 3.80. The van der Waals surface area contributed by atoms with Crippen molar-refractivity contribution in [3.8, 4) is 18.1 Å². The molecular formula is C13H12F3NO2. The van der Waals surface area contributed by atoms with E-state index in [1.165, 1.54) is 0 Å². The SMILES string of the molecule is C#CCCCCNC(=O)c1cc(F)c(F)c(O)c1F. The molecule has 1 aromatic rings. The first-order chi connectivity index (χ1) is 8.99. The molecule has 1 amide bonds. The molecule has 0 bridgehead atoms. The molecule has 0 aliphatic rings. The van der Waals surface area contributed by atoms with Crippen molar-refractivity contribution in [3.63, 3.8) is 0 Å². The smallest absolute Gasteiger partial charge is 0.254 e. The van der Waals surface area contributed by atoms with E-state index < -0.39 is 34.7 Å². The van der Waals surface area contributed by atoms with Crippen LogP contribution < -0.4 is 5.32 Å². The summed E-state index contributed by atoms with van der Waals surface area (Å²) in [6, 6.07) is 0.404. The Morgan fingerprint density at radius 3 is 2.63 bits per heavy atom. The fraction of sp³-hybridized carbons (Fsp3) is 0.308. The molecule has 0 spiro atoms. The number of rotatable bonds is 5. The molecule has 0 aliphatic heterocycles. The van der Waals surface area contributed by atoms with Gasteiger partial charge in [0.05, 0.1) is 5.56 Å². The molecule has 0 radical (unpaired) electrons. The summed E-state index contributed by atoms with van der Waals surface area (Å²) >= 11 is 0. The van der Waals surface area contributed by atoms with Crippen LogP contribution in [0.4, 0.5) is 13.2 Å². The predicted octanol–water partition coefficient (Wildman–Crippen LogP) is 2.34. The zero-order valence-electron chi connectivity index (χ0n) is 9.97. The number of hydrogen-bond donors (Lipinski definition) is 2. The van der Waals surface area contributed by atoms with Crippen LogP contribution in [0.2, 0.25) is 0 Å². The van der Waals surface area contributed by atoms with Crippen molar-refractivity contribution in [3.05, 3.63) is 29.1 Å². The molecule has 3 nitrogen and oxygen atoms in total. The van der Waals surface area contributed by atoms with Gasteiger partial charge in [0.25, 0.3) is 5.91 Å². The molecule has 6 heteroatoms. The Bertz CT molecular complexity index is 524. The molecule has 0 atom stereocenters. The molecule has 2 N–H and O–H groups in total. The van der Waals surface area contributed by atoms with Crippen LogP contribution in [0.3, 0.4) is 0 Å². The maximum atomic E-state index is 13.4. The average Bonchev–Trinajstić information content (AvgIpc) is 2.40. The molecule has 0 heterocycles. The second kappa shape index (κ2) is 6.69. The molecule has 1 aromatic carbocycles. The highest BCUT2D eigenvalue weighted by atomic mass is 19.2. The van der Waals surface area contributed by atoms with Gasteiger partial charge in [-0.05, 0) is 18.9 Å². The number of halogens is 3. The molecule has 1 rings (SSSR count). The summed E-state index contributed by atoms with van der Waals surface area (Å²) in [4.78, 5) is 11.5. The standard InChI is InChI=1S/C13H12F3NO2/c1-2-3-4-5-6-17-13(19)8-7-9(14)11(16)12(18)10(8)15/h1,7,18H,3-6H2,(H,17,19). The number of carbonyl (C=O) groups excluding carboxylic acids is 1. The Hall–Kier alpha value is -2.16. The van der Waals surface area contributed by atoms with Gasteiger partial charge in [-0.15, -0.1) is 12.3 Å². The van der Waals surface area contributed by atoms with Crippen molar-refractivity contribution in [2.45, 2.75) is 19.3 Å². The number of aromatic hydroxyl groups is 1. The number of benzene rings is 1. The number of phenols is 1. The summed E-state index contributed by atoms with van der Waals surface area (Å²) in [5.41, 5.74) is -0.742. The van der Waals surface area contributed by atoms with Gasteiger partial charge in [0, 0.05) is 13.0 Å². The Kier molecular flexibility index (Phi) is 5.24. The highest BCUT2D eigenvalue weighted by Gasteiger charge is 2.22. The Morgan fingerprint density at radius 1 is 1.32 bits per heavy atom. The minimum Gasteiger partial charge on any atom is -0.503 e. The summed E-state index contributed by atoms with van der Waals surface area (Å²) in [5, 5.41) is 11.3. The Labute approximate surface area is 108 Å². The molecule has 0 fully saturated rings. The molecule has 0 saturated carbocycles. The van der Waals surface area contributed by atoms with Crippen LogP contribution in [0.25, 0.3) is 0 Å². The molecule has 102 valence electrons. The highest BCUT2D eigenvalue weighted by Crippen LogP contribution is 2.25. The Balaban J connectivity index is 2.70. The van der Waals surface area contributed by atoms with Crippen molar-refractivity contribution in [1.82, 2.24) is 5.32 Å². The predicted molar refractivity (Wildman–Crippen MR) is 63.0 cm³/mol. The lowest BCUT2D eigenvalue weighted by atomic mass is 10.1. The van der Waals surface area contributed by atoms with E-state index in [4.69, 9.17) is 11.5 Å². The van der Waals surface area contributed by atoms with E-state index in [1.807, 2.05) is 0 Å². The minimum absolute atomic E-state index is 0.222. The van der Waals surface area contributed by atoms with E-state index in [2.05, 4.69) is 11.2 Å². The monoisotopic (exact) mass is 271 g/mol. The summed E-state index contributed by atoms with van der Waals surface area (Å²) in [6.45, 7) is 0.222. The van der Waals surface area contributed by atoms with Crippen molar-refractivity contribution >= 4 is 5.91 Å². The summed E-state index contributed by atoms with van der Waals surface area (Å²) < 4.78 is 39.2. The van der Waals surface area contributed by atoms with E-state index in [1.54, 1.807) is 0 Å². The van der Waals surface area contributed by atoms with E-state index in [0.717, 1.165) is 0 Å². The van der Waals surface area contributed by atoms with Crippen LogP contribution in [0.15, 0.2) is 6.07 Å². The van der Waals surface area contributed by atoms with E-state index in [-0.39, 0.29) is 6.54 Å². The fourth-order valence-electron chi connectivity index (χ4n) is 1.40. The lowest BCUT2D eigenvalue weighted by molar-refractivity contribution is 0.0947. The number of unbranched alkanes of at least 4 members (excludes halogenated alkanes) is 2. The maximum Gasteiger partial charge on any atom is 0.254 e. The number of phenolic OH excluding ortho intramolecular Hbond substituents is 1. The number of terminal acetylenes is 1. The minimum atomic E-state index is -1.72. The third kappa shape index (κ3) is 3.65. The largest absolute Gasteiger partial charge is 0.503 e. The van der Waals surface area contributed by atoms with Crippen LogP contribution in [0.5, 0.6) is 5.75 Å². The van der Waals surface area contributed by atoms with Gasteiger partial charge in [-0.1, -0.05) is 0 Å². The van der Waals surface area contributed by atoms with Gasteiger partial charge in [-0.2, -0.15) is 4.39 Å². The highest BCUT2D eigenvalue weighted by molar-refractivity contribution is 5.94. The normalized spacial score (nSPS) is 10.0. The van der Waals surface area contributed by atoms with E-state index in [0.29, 0.717) is 25.3 Å². The van der Waals surface area contributed by atoms with Gasteiger partial charge >= 0.3 is 0 Å². The zero-order chi connectivity index (χ0) is 14.4. The van der Waals surface area contributed by atoms with Gasteiger partial charge in [-0.25, -0.2) is 8.78 Å². The first-order valence-electron chi connectivity index (χ1n) is 5.57. The average molecular weight is 271 g/mol. The van der Waals surface area contributed by atoms with Crippen LogP contribution in [-0.4, -0.2) is 17.6 Å². The van der Waals surface area contributed by atoms with Crippen LogP contribution in [0.1, 0.15) is 29.6 Å². The van der Waals surface area contributed by atoms with Gasteiger partial charge in [0.15, 0.2) is 17.4 Å². The Morgan fingerprint density at radius 2 is 2.00 bits per heavy atom. The summed E-state index contributed by atoms with van der Waals surface area (Å²) in [7, 11) is 0. The van der Waals surface area contributed by atoms with Crippen molar-refractivity contribution in [1.29, 1.82) is 0 Å². The molecular weight excluding hydrogens is 259 g/mol. The van der Waals surface area contributed by atoms with E-state index >= 15 is 0 Å². The van der Waals surface area contributed by atoms with Gasteiger partial charge in [0.2, 0.25) is 5.82 Å². The van der Waals surface area contributed by atoms with Gasteiger partial charge in [0.1, 0.15) is 0 Å². The summed E-state index contributed by atoms with van der Waals surface area (Å²) in [6.07, 6.45) is 6.85. The first-order valence-corrected chi connectivity index (χ1v) is 5.57. The van der Waals surface area contributed by atoms with Crippen LogP contribution in [-0.2, 0) is 0 Å². The zero-order valence-corrected chi connectivity index (χ0v) is 9.97. The van der Waals surface area contributed by atoms with Crippen molar-refractivity contribution < 1.29 is 23.1 Å². The van der Waals surface area contributed by atoms with Crippen LogP contribution >= 0.6 is 0 Å². The fourth-order valence-corrected chi connectivity index (χ4v) is 1.40. The molecule has 0 saturated heterocycles. The van der Waals surface area contributed by atoms with Crippen molar-refractivity contribution in [2.75, 3.05) is 6.54 Å². The quantitative estimate of drug-likeness (QED) is 0.490. The number of nitrogens with one attached hydrogen (secondary N) is 1. The van der Waals surface area contributed by atoms with Crippen LogP contribution in [0, 0.1) is 29.8 Å². The molecule has 0 unspecified atom stereocenters.